The second-order valence-corrected chi connectivity index (χ2v) is 8.77. The minimum Gasteiger partial charge on any atom is -0.378 e. The Morgan fingerprint density at radius 1 is 1.06 bits per heavy atom. The zero-order chi connectivity index (χ0) is 21.2. The maximum atomic E-state index is 5.93. The highest BCUT2D eigenvalue weighted by Crippen LogP contribution is 2.35. The predicted octanol–water partition coefficient (Wildman–Crippen LogP) is 3.88. The zero-order valence-corrected chi connectivity index (χ0v) is 18.8. The van der Waals surface area contributed by atoms with Crippen molar-refractivity contribution in [2.45, 2.75) is 32.1 Å². The van der Waals surface area contributed by atoms with Crippen molar-refractivity contribution in [2.75, 3.05) is 38.3 Å². The Kier molecular flexibility index (Phi) is 5.89. The van der Waals surface area contributed by atoms with E-state index in [1.807, 2.05) is 10.7 Å². The molecule has 31 heavy (non-hydrogen) atoms. The van der Waals surface area contributed by atoms with Crippen molar-refractivity contribution >= 4 is 18.2 Å². The van der Waals surface area contributed by atoms with Gasteiger partial charge in [-0.05, 0) is 48.8 Å². The van der Waals surface area contributed by atoms with Gasteiger partial charge >= 0.3 is 0 Å². The summed E-state index contributed by atoms with van der Waals surface area (Å²) in [6, 6.07) is 19.7. The van der Waals surface area contributed by atoms with Gasteiger partial charge < -0.3 is 9.64 Å². The number of fused-ring (bicyclic) bond motifs is 1. The standard InChI is InChI=1S/C24H29N5OS/c1-26(22-12-11-20-9-5-6-10-21(20)22)18-29-24(31)28(17-19-7-3-2-4-8-19)23(25-29)27-13-15-30-16-14-27/h2-10,22H,11-18H2,1H3. The van der Waals surface area contributed by atoms with E-state index in [0.717, 1.165) is 56.4 Å². The SMILES string of the molecule is CN(Cn1nc(N2CCOCC2)n(Cc2ccccc2)c1=S)C1CCc2ccccc21. The number of anilines is 1. The summed E-state index contributed by atoms with van der Waals surface area (Å²) >= 11 is 5.93. The molecule has 1 aliphatic carbocycles. The fourth-order valence-electron chi connectivity index (χ4n) is 4.73. The molecule has 1 unspecified atom stereocenters. The first kappa shape index (κ1) is 20.4. The molecule has 0 spiro atoms. The molecular formula is C24H29N5OS. The molecule has 2 heterocycles. The van der Waals surface area contributed by atoms with E-state index in [1.54, 1.807) is 0 Å². The third kappa shape index (κ3) is 4.18. The van der Waals surface area contributed by atoms with E-state index in [0.29, 0.717) is 12.7 Å². The van der Waals surface area contributed by atoms with Gasteiger partial charge in [0, 0.05) is 19.1 Å². The summed E-state index contributed by atoms with van der Waals surface area (Å²) in [6.45, 7) is 4.53. The topological polar surface area (TPSA) is 38.5 Å². The molecule has 3 aromatic rings. The molecule has 0 amide bonds. The van der Waals surface area contributed by atoms with Crippen molar-refractivity contribution in [3.8, 4) is 0 Å². The predicted molar refractivity (Wildman–Crippen MR) is 125 cm³/mol. The van der Waals surface area contributed by atoms with Crippen LogP contribution in [-0.4, -0.2) is 52.6 Å². The number of ether oxygens (including phenoxy) is 1. The molecule has 1 fully saturated rings. The number of morpholine rings is 1. The fourth-order valence-corrected chi connectivity index (χ4v) is 4.97. The van der Waals surface area contributed by atoms with Crippen molar-refractivity contribution < 1.29 is 4.74 Å². The molecule has 162 valence electrons. The summed E-state index contributed by atoms with van der Waals surface area (Å²) in [4.78, 5) is 4.67. The number of hydrogen-bond donors (Lipinski definition) is 0. The highest BCUT2D eigenvalue weighted by molar-refractivity contribution is 7.71. The van der Waals surface area contributed by atoms with Crippen molar-refractivity contribution in [2.24, 2.45) is 0 Å². The van der Waals surface area contributed by atoms with Crippen LogP contribution < -0.4 is 4.90 Å². The third-order valence-corrected chi connectivity index (χ3v) is 6.80. The first-order valence-electron chi connectivity index (χ1n) is 11.0. The van der Waals surface area contributed by atoms with Crippen LogP contribution in [0.1, 0.15) is 29.2 Å². The molecule has 0 N–H and O–H groups in total. The Balaban J connectivity index is 1.44. The van der Waals surface area contributed by atoms with E-state index in [1.165, 1.54) is 16.7 Å². The van der Waals surface area contributed by atoms with E-state index < -0.39 is 0 Å². The second-order valence-electron chi connectivity index (χ2n) is 8.40. The largest absolute Gasteiger partial charge is 0.378 e. The van der Waals surface area contributed by atoms with Crippen LogP contribution in [0.5, 0.6) is 0 Å². The van der Waals surface area contributed by atoms with Crippen molar-refractivity contribution in [1.29, 1.82) is 0 Å². The Morgan fingerprint density at radius 3 is 2.61 bits per heavy atom. The Morgan fingerprint density at radius 2 is 1.81 bits per heavy atom. The highest BCUT2D eigenvalue weighted by Gasteiger charge is 2.27. The van der Waals surface area contributed by atoms with E-state index in [4.69, 9.17) is 22.1 Å². The number of nitrogens with zero attached hydrogens (tertiary/aromatic N) is 5. The molecule has 5 rings (SSSR count). The molecule has 2 aromatic carbocycles. The maximum Gasteiger partial charge on any atom is 0.226 e. The summed E-state index contributed by atoms with van der Waals surface area (Å²) in [6.07, 6.45) is 2.28. The first-order valence-corrected chi connectivity index (χ1v) is 11.4. The van der Waals surface area contributed by atoms with Gasteiger partial charge in [0.15, 0.2) is 0 Å². The molecule has 1 aliphatic heterocycles. The van der Waals surface area contributed by atoms with Crippen molar-refractivity contribution in [3.05, 3.63) is 76.1 Å². The number of aromatic nitrogens is 3. The summed E-state index contributed by atoms with van der Waals surface area (Å²) in [7, 11) is 2.18. The lowest BCUT2D eigenvalue weighted by atomic mass is 10.1. The Labute approximate surface area is 188 Å². The summed E-state index contributed by atoms with van der Waals surface area (Å²) < 4.78 is 10.5. The third-order valence-electron chi connectivity index (χ3n) is 6.37. The Hall–Kier alpha value is -2.48. The second kappa shape index (κ2) is 8.94. The van der Waals surface area contributed by atoms with Crippen LogP contribution in [0.3, 0.4) is 0 Å². The van der Waals surface area contributed by atoms with E-state index in [2.05, 4.69) is 69.9 Å². The number of rotatable bonds is 6. The van der Waals surface area contributed by atoms with Crippen LogP contribution in [0.4, 0.5) is 5.95 Å². The molecule has 2 aliphatic rings. The molecular weight excluding hydrogens is 406 g/mol. The molecule has 6 nitrogen and oxygen atoms in total. The van der Waals surface area contributed by atoms with E-state index >= 15 is 0 Å². The van der Waals surface area contributed by atoms with Gasteiger partial charge in [0.2, 0.25) is 10.7 Å². The number of aryl methyl sites for hydroxylation is 1. The normalized spacial score (nSPS) is 18.5. The van der Waals surface area contributed by atoms with Crippen LogP contribution in [-0.2, 0) is 24.4 Å². The van der Waals surface area contributed by atoms with Gasteiger partial charge in [0.05, 0.1) is 26.4 Å². The number of hydrogen-bond acceptors (Lipinski definition) is 5. The average molecular weight is 436 g/mol. The van der Waals surface area contributed by atoms with E-state index in [-0.39, 0.29) is 0 Å². The molecule has 7 heteroatoms. The summed E-state index contributed by atoms with van der Waals surface area (Å²) in [5, 5.41) is 5.00. The fraction of sp³-hybridized carbons (Fsp3) is 0.417. The lowest BCUT2D eigenvalue weighted by molar-refractivity contribution is 0.121. The smallest absolute Gasteiger partial charge is 0.226 e. The van der Waals surface area contributed by atoms with Crippen LogP contribution >= 0.6 is 12.2 Å². The summed E-state index contributed by atoms with van der Waals surface area (Å²) in [5.74, 6) is 0.942. The van der Waals surface area contributed by atoms with Gasteiger partial charge in [0.1, 0.15) is 0 Å². The molecule has 1 saturated heterocycles. The van der Waals surface area contributed by atoms with E-state index in [9.17, 15) is 0 Å². The zero-order valence-electron chi connectivity index (χ0n) is 18.0. The van der Waals surface area contributed by atoms with Gasteiger partial charge in [-0.1, -0.05) is 54.6 Å². The molecule has 0 bridgehead atoms. The minimum absolute atomic E-state index is 0.407. The quantitative estimate of drug-likeness (QED) is 0.550. The molecule has 0 radical (unpaired) electrons. The van der Waals surface area contributed by atoms with Crippen molar-refractivity contribution in [3.63, 3.8) is 0 Å². The van der Waals surface area contributed by atoms with Crippen LogP contribution in [0.25, 0.3) is 0 Å². The van der Waals surface area contributed by atoms with Crippen LogP contribution in [0, 0.1) is 4.77 Å². The maximum absolute atomic E-state index is 5.93. The lowest BCUT2D eigenvalue weighted by Crippen LogP contribution is -2.38. The van der Waals surface area contributed by atoms with Gasteiger partial charge in [-0.2, -0.15) is 0 Å². The van der Waals surface area contributed by atoms with Crippen molar-refractivity contribution in [1.82, 2.24) is 19.2 Å². The van der Waals surface area contributed by atoms with Gasteiger partial charge in [0.25, 0.3) is 0 Å². The van der Waals surface area contributed by atoms with Gasteiger partial charge in [-0.15, -0.1) is 5.10 Å². The molecule has 1 atom stereocenters. The van der Waals surface area contributed by atoms with Gasteiger partial charge in [-0.25, -0.2) is 4.68 Å². The van der Waals surface area contributed by atoms with Gasteiger partial charge in [-0.3, -0.25) is 9.47 Å². The molecule has 0 saturated carbocycles. The number of benzene rings is 2. The summed E-state index contributed by atoms with van der Waals surface area (Å²) in [5.41, 5.74) is 4.13. The first-order chi connectivity index (χ1) is 15.2. The molecule has 1 aromatic heterocycles. The Bertz CT molecular complexity index is 1090. The lowest BCUT2D eigenvalue weighted by Gasteiger charge is -2.27. The average Bonchev–Trinajstić information content (AvgIpc) is 3.37. The monoisotopic (exact) mass is 435 g/mol. The minimum atomic E-state index is 0.407. The van der Waals surface area contributed by atoms with Crippen LogP contribution in [0.15, 0.2) is 54.6 Å². The highest BCUT2D eigenvalue weighted by atomic mass is 32.1. The van der Waals surface area contributed by atoms with Crippen LogP contribution in [0.2, 0.25) is 0 Å².